The predicted molar refractivity (Wildman–Crippen MR) is 88.4 cm³/mol. The number of carbonyl (C=O) groups is 1. The number of aromatic nitrogens is 4. The summed E-state index contributed by atoms with van der Waals surface area (Å²) in [5, 5.41) is 11.2. The zero-order chi connectivity index (χ0) is 16.2. The van der Waals surface area contributed by atoms with E-state index < -0.39 is 0 Å². The molecule has 2 aromatic heterocycles. The summed E-state index contributed by atoms with van der Waals surface area (Å²) in [5.74, 6) is -0.180. The summed E-state index contributed by atoms with van der Waals surface area (Å²) in [5.41, 5.74) is 3.64. The van der Waals surface area contributed by atoms with Gasteiger partial charge in [0, 0.05) is 18.9 Å². The highest BCUT2D eigenvalue weighted by Crippen LogP contribution is 2.12. The van der Waals surface area contributed by atoms with Crippen LogP contribution in [-0.4, -0.2) is 25.5 Å². The maximum atomic E-state index is 12.2. The third-order valence-electron chi connectivity index (χ3n) is 3.70. The van der Waals surface area contributed by atoms with Crippen molar-refractivity contribution < 1.29 is 4.79 Å². The molecule has 2 heterocycles. The van der Waals surface area contributed by atoms with Crippen molar-refractivity contribution in [3.63, 3.8) is 0 Å². The zero-order valence-corrected chi connectivity index (χ0v) is 13.2. The maximum Gasteiger partial charge on any atom is 0.258 e. The molecule has 6 nitrogen and oxygen atoms in total. The van der Waals surface area contributed by atoms with E-state index in [1.165, 1.54) is 11.1 Å². The van der Waals surface area contributed by atoms with Crippen LogP contribution >= 0.6 is 0 Å². The van der Waals surface area contributed by atoms with Gasteiger partial charge < -0.3 is 5.32 Å². The number of amides is 1. The molecule has 0 bridgehead atoms. The number of anilines is 1. The highest BCUT2D eigenvalue weighted by atomic mass is 16.1. The van der Waals surface area contributed by atoms with Crippen molar-refractivity contribution in [3.8, 4) is 0 Å². The molecule has 0 atom stereocenters. The van der Waals surface area contributed by atoms with Gasteiger partial charge >= 0.3 is 0 Å². The number of hydrogen-bond acceptors (Lipinski definition) is 3. The molecule has 118 valence electrons. The summed E-state index contributed by atoms with van der Waals surface area (Å²) in [6.45, 7) is 5.47. The molecule has 1 aromatic carbocycles. The predicted octanol–water partition coefficient (Wildman–Crippen LogP) is 2.71. The van der Waals surface area contributed by atoms with Gasteiger partial charge in [0.1, 0.15) is 0 Å². The molecule has 3 aromatic rings. The normalized spacial score (nSPS) is 10.7. The topological polar surface area (TPSA) is 64.7 Å². The molecule has 0 aliphatic heterocycles. The van der Waals surface area contributed by atoms with Crippen LogP contribution in [0.1, 0.15) is 28.4 Å². The lowest BCUT2D eigenvalue weighted by Gasteiger charge is -2.05. The first-order valence-corrected chi connectivity index (χ1v) is 7.56. The minimum atomic E-state index is -0.180. The number of aryl methyl sites for hydroxylation is 2. The molecule has 0 radical (unpaired) electrons. The van der Waals surface area contributed by atoms with Crippen LogP contribution in [0.4, 0.5) is 5.69 Å². The fourth-order valence-corrected chi connectivity index (χ4v) is 2.33. The molecule has 0 saturated carbocycles. The van der Waals surface area contributed by atoms with Gasteiger partial charge in [-0.25, -0.2) is 0 Å². The molecule has 0 saturated heterocycles. The van der Waals surface area contributed by atoms with Crippen molar-refractivity contribution in [2.24, 2.45) is 0 Å². The minimum absolute atomic E-state index is 0.180. The summed E-state index contributed by atoms with van der Waals surface area (Å²) in [4.78, 5) is 12.2. The van der Waals surface area contributed by atoms with Gasteiger partial charge in [-0.3, -0.25) is 14.2 Å². The summed E-state index contributed by atoms with van der Waals surface area (Å²) >= 11 is 0. The minimum Gasteiger partial charge on any atom is -0.319 e. The van der Waals surface area contributed by atoms with E-state index in [0.717, 1.165) is 6.54 Å². The largest absolute Gasteiger partial charge is 0.319 e. The van der Waals surface area contributed by atoms with Gasteiger partial charge in [-0.1, -0.05) is 24.3 Å². The molecule has 6 heteroatoms. The van der Waals surface area contributed by atoms with E-state index in [-0.39, 0.29) is 5.91 Å². The van der Waals surface area contributed by atoms with Gasteiger partial charge in [-0.15, -0.1) is 0 Å². The first kappa shape index (κ1) is 15.0. The fourth-order valence-electron chi connectivity index (χ4n) is 2.33. The Morgan fingerprint density at radius 1 is 1.13 bits per heavy atom. The molecule has 1 amide bonds. The Bertz CT molecular complexity index is 818. The van der Waals surface area contributed by atoms with Crippen molar-refractivity contribution in [2.75, 3.05) is 5.32 Å². The lowest BCUT2D eigenvalue weighted by molar-refractivity contribution is 0.102. The van der Waals surface area contributed by atoms with Gasteiger partial charge in [0.05, 0.1) is 30.2 Å². The Morgan fingerprint density at radius 3 is 2.65 bits per heavy atom. The Balaban J connectivity index is 1.67. The average molecular weight is 309 g/mol. The van der Waals surface area contributed by atoms with Crippen molar-refractivity contribution in [3.05, 3.63) is 65.7 Å². The van der Waals surface area contributed by atoms with Crippen LogP contribution in [0.15, 0.2) is 49.1 Å². The van der Waals surface area contributed by atoms with E-state index in [9.17, 15) is 4.79 Å². The second-order valence-electron chi connectivity index (χ2n) is 5.39. The van der Waals surface area contributed by atoms with Crippen LogP contribution in [0.2, 0.25) is 0 Å². The summed E-state index contributed by atoms with van der Waals surface area (Å²) in [6, 6.07) is 8.19. The van der Waals surface area contributed by atoms with E-state index in [1.54, 1.807) is 23.3 Å². The van der Waals surface area contributed by atoms with Gasteiger partial charge in [0.2, 0.25) is 0 Å². The van der Waals surface area contributed by atoms with Crippen LogP contribution in [0, 0.1) is 6.92 Å². The number of hydrogen-bond donors (Lipinski definition) is 1. The second kappa shape index (κ2) is 6.48. The van der Waals surface area contributed by atoms with E-state index in [4.69, 9.17) is 0 Å². The van der Waals surface area contributed by atoms with Crippen LogP contribution in [0.25, 0.3) is 0 Å². The lowest BCUT2D eigenvalue weighted by Crippen LogP contribution is -2.10. The van der Waals surface area contributed by atoms with E-state index in [2.05, 4.69) is 34.6 Å². The van der Waals surface area contributed by atoms with Crippen LogP contribution in [-0.2, 0) is 13.1 Å². The lowest BCUT2D eigenvalue weighted by atomic mass is 10.1. The number of benzene rings is 1. The number of carbonyl (C=O) groups excluding carboxylic acids is 1. The molecule has 0 unspecified atom stereocenters. The van der Waals surface area contributed by atoms with Crippen molar-refractivity contribution >= 4 is 11.6 Å². The molecular weight excluding hydrogens is 290 g/mol. The number of rotatable bonds is 5. The molecule has 0 aliphatic carbocycles. The number of nitrogens with one attached hydrogen (secondary N) is 1. The Morgan fingerprint density at radius 2 is 1.91 bits per heavy atom. The molecule has 0 spiro atoms. The van der Waals surface area contributed by atoms with E-state index in [1.807, 2.05) is 29.9 Å². The van der Waals surface area contributed by atoms with E-state index >= 15 is 0 Å². The van der Waals surface area contributed by atoms with Crippen molar-refractivity contribution in [2.45, 2.75) is 26.9 Å². The molecule has 1 N–H and O–H groups in total. The Labute approximate surface area is 134 Å². The molecular formula is C17H19N5O. The smallest absolute Gasteiger partial charge is 0.258 e. The Kier molecular flexibility index (Phi) is 4.23. The Hall–Kier alpha value is -2.89. The molecule has 23 heavy (non-hydrogen) atoms. The highest BCUT2D eigenvalue weighted by molar-refractivity contribution is 6.03. The maximum absolute atomic E-state index is 12.2. The highest BCUT2D eigenvalue weighted by Gasteiger charge is 2.10. The van der Waals surface area contributed by atoms with Crippen molar-refractivity contribution in [1.82, 2.24) is 19.6 Å². The fraction of sp³-hybridized carbons (Fsp3) is 0.235. The molecule has 0 aliphatic rings. The molecule has 0 fully saturated rings. The zero-order valence-electron chi connectivity index (χ0n) is 13.2. The third kappa shape index (κ3) is 3.48. The van der Waals surface area contributed by atoms with Gasteiger partial charge in [-0.2, -0.15) is 10.2 Å². The van der Waals surface area contributed by atoms with Crippen LogP contribution < -0.4 is 5.32 Å². The first-order chi connectivity index (χ1) is 11.2. The first-order valence-electron chi connectivity index (χ1n) is 7.56. The third-order valence-corrected chi connectivity index (χ3v) is 3.70. The average Bonchev–Trinajstić information content (AvgIpc) is 3.19. The van der Waals surface area contributed by atoms with Crippen molar-refractivity contribution in [1.29, 1.82) is 0 Å². The van der Waals surface area contributed by atoms with Crippen LogP contribution in [0.3, 0.4) is 0 Å². The van der Waals surface area contributed by atoms with Gasteiger partial charge in [0.15, 0.2) is 0 Å². The second-order valence-corrected chi connectivity index (χ2v) is 5.39. The van der Waals surface area contributed by atoms with Crippen LogP contribution in [0.5, 0.6) is 0 Å². The number of nitrogens with zero attached hydrogens (tertiary/aromatic N) is 4. The van der Waals surface area contributed by atoms with Gasteiger partial charge in [-0.05, 0) is 25.0 Å². The quantitative estimate of drug-likeness (QED) is 0.788. The van der Waals surface area contributed by atoms with E-state index in [0.29, 0.717) is 17.8 Å². The SMILES string of the molecule is CCn1cc(C(=O)Nc2cnn(Cc3ccccc3C)c2)cn1. The summed E-state index contributed by atoms with van der Waals surface area (Å²) in [7, 11) is 0. The standard InChI is InChI=1S/C17H19N5O/c1-3-21-11-15(8-18-21)17(23)20-16-9-19-22(12-16)10-14-7-5-4-6-13(14)2/h4-9,11-12H,3,10H2,1-2H3,(H,20,23). The molecule has 3 rings (SSSR count). The van der Waals surface area contributed by atoms with Gasteiger partial charge in [0.25, 0.3) is 5.91 Å². The summed E-state index contributed by atoms with van der Waals surface area (Å²) < 4.78 is 3.53. The summed E-state index contributed by atoms with van der Waals surface area (Å²) in [6.07, 6.45) is 6.78. The monoisotopic (exact) mass is 309 g/mol.